The Bertz CT molecular complexity index is 671. The second-order valence-corrected chi connectivity index (χ2v) is 5.65. The zero-order valence-corrected chi connectivity index (χ0v) is 11.8. The second kappa shape index (κ2) is 5.61. The molecule has 1 aliphatic heterocycles. The van der Waals surface area contributed by atoms with E-state index in [0.717, 1.165) is 5.56 Å². The van der Waals surface area contributed by atoms with E-state index in [1.807, 2.05) is 30.3 Å². The number of aliphatic carboxylic acids is 1. The van der Waals surface area contributed by atoms with Crippen LogP contribution >= 0.6 is 11.8 Å². The van der Waals surface area contributed by atoms with Gasteiger partial charge in [-0.1, -0.05) is 30.3 Å². The van der Waals surface area contributed by atoms with Crippen LogP contribution in [0.2, 0.25) is 0 Å². The molecule has 1 saturated heterocycles. The maximum atomic E-state index is 12.6. The number of carbonyl (C=O) groups is 2. The summed E-state index contributed by atoms with van der Waals surface area (Å²) in [5.41, 5.74) is 1.86. The summed E-state index contributed by atoms with van der Waals surface area (Å²) in [6.45, 7) is 0. The summed E-state index contributed by atoms with van der Waals surface area (Å²) in [4.78, 5) is 25.2. The largest absolute Gasteiger partial charge is 0.480 e. The number of amides is 1. The first-order valence-corrected chi connectivity index (χ1v) is 7.54. The number of H-pyrrole nitrogens is 1. The molecule has 0 spiro atoms. The maximum absolute atomic E-state index is 12.6. The number of carboxylic acids is 1. The van der Waals surface area contributed by atoms with Crippen LogP contribution < -0.4 is 0 Å². The third kappa shape index (κ3) is 2.52. The fourth-order valence-corrected chi connectivity index (χ4v) is 3.42. The van der Waals surface area contributed by atoms with Gasteiger partial charge in [-0.05, 0) is 0 Å². The number of thioether (sulfide) groups is 1. The van der Waals surface area contributed by atoms with Crippen molar-refractivity contribution in [3.8, 4) is 11.3 Å². The van der Waals surface area contributed by atoms with Crippen LogP contribution in [-0.4, -0.2) is 49.8 Å². The smallest absolute Gasteiger partial charge is 0.327 e. The lowest BCUT2D eigenvalue weighted by molar-refractivity contribution is -0.140. The van der Waals surface area contributed by atoms with E-state index in [1.165, 1.54) is 22.9 Å². The number of nitrogens with zero attached hydrogens (tertiary/aromatic N) is 2. The van der Waals surface area contributed by atoms with E-state index in [-0.39, 0.29) is 5.91 Å². The number of benzene rings is 1. The number of aromatic nitrogens is 2. The molecule has 0 saturated carbocycles. The first kappa shape index (κ1) is 13.7. The summed E-state index contributed by atoms with van der Waals surface area (Å²) in [6, 6.07) is 8.60. The molecule has 2 N–H and O–H groups in total. The van der Waals surface area contributed by atoms with Gasteiger partial charge in [0, 0.05) is 11.3 Å². The van der Waals surface area contributed by atoms with Crippen molar-refractivity contribution in [1.82, 2.24) is 15.1 Å². The highest BCUT2D eigenvalue weighted by Gasteiger charge is 2.36. The fraction of sp³-hybridized carbons (Fsp3) is 0.214. The third-order valence-corrected chi connectivity index (χ3v) is 4.37. The minimum absolute atomic E-state index is 0.306. The molecule has 1 amide bonds. The van der Waals surface area contributed by atoms with Crippen molar-refractivity contribution in [2.24, 2.45) is 0 Å². The molecule has 21 heavy (non-hydrogen) atoms. The van der Waals surface area contributed by atoms with Crippen molar-refractivity contribution in [2.45, 2.75) is 6.04 Å². The summed E-state index contributed by atoms with van der Waals surface area (Å²) >= 11 is 1.44. The average molecular weight is 303 g/mol. The second-order valence-electron chi connectivity index (χ2n) is 4.65. The van der Waals surface area contributed by atoms with Crippen LogP contribution in [0.5, 0.6) is 0 Å². The topological polar surface area (TPSA) is 86.3 Å². The molecule has 0 aliphatic carbocycles. The van der Waals surface area contributed by atoms with Crippen LogP contribution in [0.25, 0.3) is 11.3 Å². The van der Waals surface area contributed by atoms with Crippen molar-refractivity contribution in [2.75, 3.05) is 11.6 Å². The number of rotatable bonds is 3. The Balaban J connectivity index is 1.93. The molecule has 0 unspecified atom stereocenters. The number of nitrogens with one attached hydrogen (secondary N) is 1. The van der Waals surface area contributed by atoms with Crippen LogP contribution in [0.4, 0.5) is 0 Å². The Morgan fingerprint density at radius 1 is 1.33 bits per heavy atom. The lowest BCUT2D eigenvalue weighted by atomic mass is 10.1. The summed E-state index contributed by atoms with van der Waals surface area (Å²) < 4.78 is 0. The molecule has 0 bridgehead atoms. The molecule has 6 nitrogen and oxygen atoms in total. The minimum atomic E-state index is -0.974. The molecule has 0 radical (unpaired) electrons. The van der Waals surface area contributed by atoms with E-state index in [0.29, 0.717) is 22.9 Å². The number of aromatic amines is 1. The van der Waals surface area contributed by atoms with Crippen molar-refractivity contribution < 1.29 is 14.7 Å². The van der Waals surface area contributed by atoms with Crippen molar-refractivity contribution >= 4 is 23.6 Å². The highest BCUT2D eigenvalue weighted by molar-refractivity contribution is 7.99. The Morgan fingerprint density at radius 3 is 2.81 bits per heavy atom. The van der Waals surface area contributed by atoms with Gasteiger partial charge in [-0.15, -0.1) is 11.8 Å². The van der Waals surface area contributed by atoms with Gasteiger partial charge in [0.2, 0.25) is 0 Å². The zero-order chi connectivity index (χ0) is 14.8. The number of carbonyl (C=O) groups excluding carboxylic acids is 1. The quantitative estimate of drug-likeness (QED) is 0.901. The molecule has 1 aliphatic rings. The summed E-state index contributed by atoms with van der Waals surface area (Å²) in [7, 11) is 0. The standard InChI is InChI=1S/C14H13N3O3S/c18-13(17-8-21-7-11(17)14(19)20)10-6-15-16-12(10)9-4-2-1-3-5-9/h1-6,11H,7-8H2,(H,15,16)(H,19,20)/t11-/m0/s1. The maximum Gasteiger partial charge on any atom is 0.327 e. The first-order chi connectivity index (χ1) is 10.2. The summed E-state index contributed by atoms with van der Waals surface area (Å²) in [6.07, 6.45) is 1.45. The molecule has 1 aromatic heterocycles. The molecule has 1 atom stereocenters. The first-order valence-electron chi connectivity index (χ1n) is 6.39. The van der Waals surface area contributed by atoms with E-state index in [4.69, 9.17) is 0 Å². The monoisotopic (exact) mass is 303 g/mol. The van der Waals surface area contributed by atoms with E-state index in [9.17, 15) is 14.7 Å². The molecule has 108 valence electrons. The highest BCUT2D eigenvalue weighted by atomic mass is 32.2. The lowest BCUT2D eigenvalue weighted by Crippen LogP contribution is -2.41. The van der Waals surface area contributed by atoms with Gasteiger partial charge in [-0.25, -0.2) is 4.79 Å². The van der Waals surface area contributed by atoms with Gasteiger partial charge < -0.3 is 10.0 Å². The molecule has 3 rings (SSSR count). The van der Waals surface area contributed by atoms with Gasteiger partial charge in [-0.3, -0.25) is 9.89 Å². The van der Waals surface area contributed by atoms with E-state index < -0.39 is 12.0 Å². The Labute approximate surface area is 125 Å². The van der Waals surface area contributed by atoms with Crippen molar-refractivity contribution in [1.29, 1.82) is 0 Å². The number of hydrogen-bond donors (Lipinski definition) is 2. The van der Waals surface area contributed by atoms with Gasteiger partial charge in [-0.2, -0.15) is 5.10 Å². The Hall–Kier alpha value is -2.28. The van der Waals surface area contributed by atoms with E-state index in [1.54, 1.807) is 0 Å². The molecule has 7 heteroatoms. The predicted molar refractivity (Wildman–Crippen MR) is 78.9 cm³/mol. The van der Waals surface area contributed by atoms with Gasteiger partial charge >= 0.3 is 5.97 Å². The summed E-state index contributed by atoms with van der Waals surface area (Å²) in [5.74, 6) is -0.479. The van der Waals surface area contributed by atoms with Crippen LogP contribution in [0.15, 0.2) is 36.5 Å². The predicted octanol–water partition coefficient (Wildman–Crippen LogP) is 1.68. The normalized spacial score (nSPS) is 17.9. The van der Waals surface area contributed by atoms with Crippen LogP contribution in [0.1, 0.15) is 10.4 Å². The van der Waals surface area contributed by atoms with Gasteiger partial charge in [0.1, 0.15) is 6.04 Å². The van der Waals surface area contributed by atoms with E-state index in [2.05, 4.69) is 10.2 Å². The SMILES string of the molecule is O=C(O)[C@@H]1CSCN1C(=O)c1cn[nH]c1-c1ccccc1. The lowest BCUT2D eigenvalue weighted by Gasteiger charge is -2.20. The summed E-state index contributed by atoms with van der Waals surface area (Å²) in [5, 5.41) is 15.9. The van der Waals surface area contributed by atoms with Crippen LogP contribution in [-0.2, 0) is 4.79 Å². The van der Waals surface area contributed by atoms with Gasteiger partial charge in [0.05, 0.1) is 23.3 Å². The minimum Gasteiger partial charge on any atom is -0.480 e. The highest BCUT2D eigenvalue weighted by Crippen LogP contribution is 2.27. The number of carboxylic acid groups (broad SMARTS) is 1. The zero-order valence-electron chi connectivity index (χ0n) is 11.0. The van der Waals surface area contributed by atoms with Crippen LogP contribution in [0, 0.1) is 0 Å². The number of hydrogen-bond acceptors (Lipinski definition) is 4. The molecule has 2 aromatic rings. The van der Waals surface area contributed by atoms with E-state index >= 15 is 0 Å². The Morgan fingerprint density at radius 2 is 2.10 bits per heavy atom. The third-order valence-electron chi connectivity index (χ3n) is 3.36. The van der Waals surface area contributed by atoms with Gasteiger partial charge in [0.25, 0.3) is 5.91 Å². The van der Waals surface area contributed by atoms with Crippen molar-refractivity contribution in [3.63, 3.8) is 0 Å². The fourth-order valence-electron chi connectivity index (χ4n) is 2.28. The Kier molecular flexibility index (Phi) is 3.66. The molecule has 1 aromatic carbocycles. The van der Waals surface area contributed by atoms with Gasteiger partial charge in [0.15, 0.2) is 0 Å². The van der Waals surface area contributed by atoms with Crippen molar-refractivity contribution in [3.05, 3.63) is 42.1 Å². The average Bonchev–Trinajstić information content (AvgIpc) is 3.16. The molecule has 1 fully saturated rings. The molecular weight excluding hydrogens is 290 g/mol. The molecule has 2 heterocycles. The molecular formula is C14H13N3O3S. The van der Waals surface area contributed by atoms with Crippen LogP contribution in [0.3, 0.4) is 0 Å².